The standard InChI is InChI=1S/C14H14O2S/c1-2-13(14(15)16)17-12-8-7-10-5-3-4-6-11(10)9-12/h3-9,13H,2H2,1H3,(H,15,16). The summed E-state index contributed by atoms with van der Waals surface area (Å²) in [4.78, 5) is 12.0. The number of hydrogen-bond acceptors (Lipinski definition) is 2. The maximum atomic E-state index is 11.0. The Morgan fingerprint density at radius 1 is 1.24 bits per heavy atom. The van der Waals surface area contributed by atoms with Crippen LogP contribution in [0.1, 0.15) is 13.3 Å². The van der Waals surface area contributed by atoms with Crippen molar-refractivity contribution in [2.75, 3.05) is 0 Å². The van der Waals surface area contributed by atoms with Gasteiger partial charge in [0.15, 0.2) is 0 Å². The predicted octanol–water partition coefficient (Wildman–Crippen LogP) is 3.80. The zero-order valence-electron chi connectivity index (χ0n) is 9.59. The number of carbonyl (C=O) groups is 1. The highest BCUT2D eigenvalue weighted by Crippen LogP contribution is 2.28. The molecule has 0 saturated heterocycles. The summed E-state index contributed by atoms with van der Waals surface area (Å²) >= 11 is 1.41. The molecule has 88 valence electrons. The molecule has 3 heteroatoms. The summed E-state index contributed by atoms with van der Waals surface area (Å²) in [6.07, 6.45) is 0.632. The van der Waals surface area contributed by atoms with E-state index in [-0.39, 0.29) is 5.25 Å². The van der Waals surface area contributed by atoms with Crippen LogP contribution < -0.4 is 0 Å². The van der Waals surface area contributed by atoms with Gasteiger partial charge in [0.1, 0.15) is 5.25 Å². The Morgan fingerprint density at radius 3 is 2.59 bits per heavy atom. The molecule has 0 bridgehead atoms. The van der Waals surface area contributed by atoms with E-state index in [2.05, 4.69) is 6.07 Å². The Hall–Kier alpha value is -1.48. The van der Waals surface area contributed by atoms with Crippen LogP contribution in [0.3, 0.4) is 0 Å². The molecule has 2 aromatic carbocycles. The van der Waals surface area contributed by atoms with Gasteiger partial charge in [-0.3, -0.25) is 4.79 Å². The highest BCUT2D eigenvalue weighted by molar-refractivity contribution is 8.00. The lowest BCUT2D eigenvalue weighted by atomic mass is 10.1. The lowest BCUT2D eigenvalue weighted by Gasteiger charge is -2.09. The minimum absolute atomic E-state index is 0.365. The van der Waals surface area contributed by atoms with Gasteiger partial charge in [0.05, 0.1) is 0 Å². The fourth-order valence-electron chi connectivity index (χ4n) is 1.71. The van der Waals surface area contributed by atoms with Crippen molar-refractivity contribution < 1.29 is 9.90 Å². The van der Waals surface area contributed by atoms with Crippen LogP contribution in [-0.4, -0.2) is 16.3 Å². The summed E-state index contributed by atoms with van der Waals surface area (Å²) in [6.45, 7) is 1.90. The molecule has 2 nitrogen and oxygen atoms in total. The maximum absolute atomic E-state index is 11.0. The molecule has 0 aromatic heterocycles. The first-order valence-corrected chi connectivity index (χ1v) is 6.47. The van der Waals surface area contributed by atoms with Gasteiger partial charge in [-0.25, -0.2) is 0 Å². The highest BCUT2D eigenvalue weighted by atomic mass is 32.2. The first kappa shape index (κ1) is 12.0. The smallest absolute Gasteiger partial charge is 0.316 e. The molecule has 17 heavy (non-hydrogen) atoms. The lowest BCUT2D eigenvalue weighted by Crippen LogP contribution is -2.14. The van der Waals surface area contributed by atoms with Crippen molar-refractivity contribution >= 4 is 28.5 Å². The summed E-state index contributed by atoms with van der Waals surface area (Å²) in [5.74, 6) is -0.745. The zero-order chi connectivity index (χ0) is 12.3. The molecule has 0 spiro atoms. The summed E-state index contributed by atoms with van der Waals surface area (Å²) in [6, 6.07) is 14.2. The average Bonchev–Trinajstić information content (AvgIpc) is 2.35. The molecule has 0 aliphatic rings. The van der Waals surface area contributed by atoms with Crippen LogP contribution in [0.2, 0.25) is 0 Å². The molecule has 2 rings (SSSR count). The maximum Gasteiger partial charge on any atom is 0.316 e. The number of benzene rings is 2. The number of rotatable bonds is 4. The number of carboxylic acid groups (broad SMARTS) is 1. The Labute approximate surface area is 105 Å². The fraction of sp³-hybridized carbons (Fsp3) is 0.214. The second kappa shape index (κ2) is 5.23. The van der Waals surface area contributed by atoms with Gasteiger partial charge in [-0.05, 0) is 29.3 Å². The van der Waals surface area contributed by atoms with Gasteiger partial charge >= 0.3 is 5.97 Å². The van der Waals surface area contributed by atoms with Gasteiger partial charge < -0.3 is 5.11 Å². The third-order valence-electron chi connectivity index (χ3n) is 2.65. The van der Waals surface area contributed by atoms with Crippen molar-refractivity contribution in [3.8, 4) is 0 Å². The monoisotopic (exact) mass is 246 g/mol. The van der Waals surface area contributed by atoms with E-state index in [9.17, 15) is 4.79 Å². The van der Waals surface area contributed by atoms with Crippen molar-refractivity contribution in [2.45, 2.75) is 23.5 Å². The van der Waals surface area contributed by atoms with E-state index in [1.165, 1.54) is 17.1 Å². The first-order valence-electron chi connectivity index (χ1n) is 5.59. The largest absolute Gasteiger partial charge is 0.480 e. The minimum Gasteiger partial charge on any atom is -0.480 e. The van der Waals surface area contributed by atoms with E-state index < -0.39 is 5.97 Å². The molecule has 0 fully saturated rings. The van der Waals surface area contributed by atoms with Crippen LogP contribution in [0.4, 0.5) is 0 Å². The van der Waals surface area contributed by atoms with E-state index in [0.29, 0.717) is 6.42 Å². The number of hydrogen-bond donors (Lipinski definition) is 1. The van der Waals surface area contributed by atoms with Gasteiger partial charge in [0, 0.05) is 4.90 Å². The molecule has 0 aliphatic heterocycles. The van der Waals surface area contributed by atoms with E-state index in [4.69, 9.17) is 5.11 Å². The number of carboxylic acids is 1. The van der Waals surface area contributed by atoms with Crippen LogP contribution in [0, 0.1) is 0 Å². The van der Waals surface area contributed by atoms with Gasteiger partial charge in [0.2, 0.25) is 0 Å². The van der Waals surface area contributed by atoms with Gasteiger partial charge in [0.25, 0.3) is 0 Å². The van der Waals surface area contributed by atoms with Crippen LogP contribution in [0.5, 0.6) is 0 Å². The van der Waals surface area contributed by atoms with Crippen molar-refractivity contribution in [3.63, 3.8) is 0 Å². The van der Waals surface area contributed by atoms with Crippen molar-refractivity contribution in [3.05, 3.63) is 42.5 Å². The normalized spacial score (nSPS) is 12.5. The molecule has 0 amide bonds. The number of fused-ring (bicyclic) bond motifs is 1. The molecule has 0 saturated carbocycles. The Bertz CT molecular complexity index is 536. The Morgan fingerprint density at radius 2 is 1.94 bits per heavy atom. The van der Waals surface area contributed by atoms with Gasteiger partial charge in [-0.1, -0.05) is 37.3 Å². The molecular weight excluding hydrogens is 232 g/mol. The first-order chi connectivity index (χ1) is 8.20. The third kappa shape index (κ3) is 2.80. The number of aliphatic carboxylic acids is 1. The van der Waals surface area contributed by atoms with Crippen LogP contribution in [-0.2, 0) is 4.79 Å². The summed E-state index contributed by atoms with van der Waals surface area (Å²) in [7, 11) is 0. The quantitative estimate of drug-likeness (QED) is 0.834. The van der Waals surface area contributed by atoms with E-state index >= 15 is 0 Å². The van der Waals surface area contributed by atoms with Gasteiger partial charge in [-0.15, -0.1) is 11.8 Å². The second-order valence-electron chi connectivity index (χ2n) is 3.86. The molecule has 2 aromatic rings. The molecule has 0 heterocycles. The van der Waals surface area contributed by atoms with Crippen LogP contribution in [0.25, 0.3) is 10.8 Å². The SMILES string of the molecule is CCC(Sc1ccc2ccccc2c1)C(=O)O. The Balaban J connectivity index is 2.27. The van der Waals surface area contributed by atoms with Crippen molar-refractivity contribution in [1.82, 2.24) is 0 Å². The third-order valence-corrected chi connectivity index (χ3v) is 3.99. The Kier molecular flexibility index (Phi) is 3.69. The van der Waals surface area contributed by atoms with Crippen molar-refractivity contribution in [2.24, 2.45) is 0 Å². The van der Waals surface area contributed by atoms with Crippen LogP contribution >= 0.6 is 11.8 Å². The minimum atomic E-state index is -0.745. The predicted molar refractivity (Wildman–Crippen MR) is 71.5 cm³/mol. The van der Waals surface area contributed by atoms with Gasteiger partial charge in [-0.2, -0.15) is 0 Å². The van der Waals surface area contributed by atoms with E-state index in [1.807, 2.05) is 43.3 Å². The molecule has 0 aliphatic carbocycles. The second-order valence-corrected chi connectivity index (χ2v) is 5.14. The number of thioether (sulfide) groups is 1. The fourth-order valence-corrected chi connectivity index (χ4v) is 2.65. The lowest BCUT2D eigenvalue weighted by molar-refractivity contribution is -0.136. The summed E-state index contributed by atoms with van der Waals surface area (Å²) < 4.78 is 0. The van der Waals surface area contributed by atoms with Crippen LogP contribution in [0.15, 0.2) is 47.4 Å². The van der Waals surface area contributed by atoms with E-state index in [1.54, 1.807) is 0 Å². The molecule has 1 atom stereocenters. The molecule has 1 unspecified atom stereocenters. The molecular formula is C14H14O2S. The highest BCUT2D eigenvalue weighted by Gasteiger charge is 2.16. The molecule has 1 N–H and O–H groups in total. The summed E-state index contributed by atoms with van der Waals surface area (Å²) in [5, 5.41) is 11.0. The van der Waals surface area contributed by atoms with Crippen molar-refractivity contribution in [1.29, 1.82) is 0 Å². The average molecular weight is 246 g/mol. The summed E-state index contributed by atoms with van der Waals surface area (Å²) in [5.41, 5.74) is 0. The topological polar surface area (TPSA) is 37.3 Å². The zero-order valence-corrected chi connectivity index (χ0v) is 10.4. The molecule has 0 radical (unpaired) electrons. The van der Waals surface area contributed by atoms with E-state index in [0.717, 1.165) is 10.3 Å².